The number of rotatable bonds is 3. The van der Waals surface area contributed by atoms with Gasteiger partial charge in [0.1, 0.15) is 17.0 Å². The summed E-state index contributed by atoms with van der Waals surface area (Å²) in [6.07, 6.45) is 2.83. The summed E-state index contributed by atoms with van der Waals surface area (Å²) in [6, 6.07) is 10.6. The van der Waals surface area contributed by atoms with Crippen LogP contribution in [0.25, 0.3) is 5.65 Å². The van der Waals surface area contributed by atoms with Gasteiger partial charge in [0.15, 0.2) is 0 Å². The number of aromatic nitrogens is 2. The van der Waals surface area contributed by atoms with Gasteiger partial charge in [-0.15, -0.1) is 0 Å². The molecule has 0 saturated heterocycles. The fourth-order valence-corrected chi connectivity index (χ4v) is 2.29. The molecule has 0 aliphatic carbocycles. The van der Waals surface area contributed by atoms with Crippen molar-refractivity contribution >= 4 is 11.6 Å². The quantitative estimate of drug-likeness (QED) is 0.807. The predicted octanol–water partition coefficient (Wildman–Crippen LogP) is 2.32. The Labute approximate surface area is 131 Å². The lowest BCUT2D eigenvalue weighted by molar-refractivity contribution is 0.0938. The van der Waals surface area contributed by atoms with Crippen LogP contribution in [0.4, 0.5) is 4.39 Å². The van der Waals surface area contributed by atoms with Crippen molar-refractivity contribution in [3.8, 4) is 0 Å². The van der Waals surface area contributed by atoms with Gasteiger partial charge in [0.25, 0.3) is 11.5 Å². The van der Waals surface area contributed by atoms with E-state index in [1.54, 1.807) is 43.5 Å². The minimum absolute atomic E-state index is 0.0392. The number of halogens is 1. The molecule has 0 fully saturated rings. The Morgan fingerprint density at radius 3 is 2.70 bits per heavy atom. The van der Waals surface area contributed by atoms with Crippen LogP contribution in [0.3, 0.4) is 0 Å². The molecule has 5 nitrogen and oxygen atoms in total. The van der Waals surface area contributed by atoms with E-state index >= 15 is 0 Å². The Hall–Kier alpha value is -3.02. The van der Waals surface area contributed by atoms with E-state index in [-0.39, 0.29) is 17.4 Å². The highest BCUT2D eigenvalue weighted by Gasteiger charge is 2.16. The molecule has 2 heterocycles. The first-order chi connectivity index (χ1) is 11.1. The molecule has 0 spiro atoms. The summed E-state index contributed by atoms with van der Waals surface area (Å²) < 4.78 is 14.3. The summed E-state index contributed by atoms with van der Waals surface area (Å²) in [6.45, 7) is 1.76. The first kappa shape index (κ1) is 14.9. The molecule has 0 radical (unpaired) electrons. The maximum atomic E-state index is 12.9. The maximum absolute atomic E-state index is 12.9. The number of carbonyl (C=O) groups excluding carboxylic acids is 1. The second-order valence-electron chi connectivity index (χ2n) is 5.15. The molecule has 0 aliphatic heterocycles. The highest BCUT2D eigenvalue weighted by Crippen LogP contribution is 2.13. The number of nitrogens with one attached hydrogen (secondary N) is 1. The summed E-state index contributed by atoms with van der Waals surface area (Å²) >= 11 is 0. The zero-order valence-electron chi connectivity index (χ0n) is 12.4. The smallest absolute Gasteiger partial charge is 0.270 e. The Balaban J connectivity index is 1.87. The van der Waals surface area contributed by atoms with Gasteiger partial charge in [0.05, 0.1) is 6.04 Å². The molecular weight excluding hydrogens is 297 g/mol. The van der Waals surface area contributed by atoms with Crippen LogP contribution in [0.2, 0.25) is 0 Å². The fourth-order valence-electron chi connectivity index (χ4n) is 2.29. The number of hydrogen-bond donors (Lipinski definition) is 1. The first-order valence-corrected chi connectivity index (χ1v) is 7.09. The Bertz CT molecular complexity index is 919. The van der Waals surface area contributed by atoms with E-state index in [1.807, 2.05) is 0 Å². The zero-order chi connectivity index (χ0) is 16.4. The van der Waals surface area contributed by atoms with E-state index in [2.05, 4.69) is 10.3 Å². The van der Waals surface area contributed by atoms with Crippen LogP contribution >= 0.6 is 0 Å². The highest BCUT2D eigenvalue weighted by atomic mass is 19.1. The van der Waals surface area contributed by atoms with Crippen molar-refractivity contribution in [1.29, 1.82) is 0 Å². The average molecular weight is 311 g/mol. The Kier molecular flexibility index (Phi) is 3.89. The lowest BCUT2D eigenvalue weighted by Crippen LogP contribution is -2.33. The van der Waals surface area contributed by atoms with Gasteiger partial charge >= 0.3 is 0 Å². The summed E-state index contributed by atoms with van der Waals surface area (Å²) in [5, 5.41) is 2.72. The summed E-state index contributed by atoms with van der Waals surface area (Å²) in [4.78, 5) is 28.8. The van der Waals surface area contributed by atoms with Gasteiger partial charge in [-0.05, 0) is 36.8 Å². The van der Waals surface area contributed by atoms with Crippen LogP contribution in [0, 0.1) is 5.82 Å². The summed E-state index contributed by atoms with van der Waals surface area (Å²) in [7, 11) is 0. The van der Waals surface area contributed by atoms with Crippen LogP contribution in [0.5, 0.6) is 0 Å². The van der Waals surface area contributed by atoms with Gasteiger partial charge < -0.3 is 5.32 Å². The third kappa shape index (κ3) is 2.96. The van der Waals surface area contributed by atoms with Crippen LogP contribution in [0.1, 0.15) is 28.9 Å². The molecule has 1 amide bonds. The molecular formula is C17H14FN3O2. The zero-order valence-corrected chi connectivity index (χ0v) is 12.4. The second-order valence-corrected chi connectivity index (χ2v) is 5.15. The van der Waals surface area contributed by atoms with E-state index in [0.29, 0.717) is 5.65 Å². The normalized spacial score (nSPS) is 12.1. The molecule has 1 aromatic carbocycles. The van der Waals surface area contributed by atoms with Crippen molar-refractivity contribution < 1.29 is 9.18 Å². The number of fused-ring (bicyclic) bond motifs is 1. The number of benzene rings is 1. The molecule has 0 saturated carbocycles. The molecule has 3 rings (SSSR count). The van der Waals surface area contributed by atoms with E-state index in [4.69, 9.17) is 0 Å². The number of nitrogens with zero attached hydrogens (tertiary/aromatic N) is 2. The van der Waals surface area contributed by atoms with Crippen molar-refractivity contribution in [2.75, 3.05) is 0 Å². The Morgan fingerprint density at radius 1 is 1.22 bits per heavy atom. The van der Waals surface area contributed by atoms with E-state index in [1.165, 1.54) is 22.7 Å². The SMILES string of the molecule is C[C@H](NC(=O)c1cnc2ccccn2c1=O)c1ccc(F)cc1. The maximum Gasteiger partial charge on any atom is 0.270 e. The van der Waals surface area contributed by atoms with Gasteiger partial charge in [-0.2, -0.15) is 0 Å². The fraction of sp³-hybridized carbons (Fsp3) is 0.118. The third-order valence-corrected chi connectivity index (χ3v) is 3.58. The van der Waals surface area contributed by atoms with Crippen LogP contribution in [0.15, 0.2) is 59.7 Å². The number of amides is 1. The Morgan fingerprint density at radius 2 is 1.96 bits per heavy atom. The van der Waals surface area contributed by atoms with Crippen LogP contribution in [-0.2, 0) is 0 Å². The van der Waals surface area contributed by atoms with Gasteiger partial charge in [0, 0.05) is 12.4 Å². The van der Waals surface area contributed by atoms with Crippen molar-refractivity contribution in [1.82, 2.24) is 14.7 Å². The highest BCUT2D eigenvalue weighted by molar-refractivity contribution is 5.94. The largest absolute Gasteiger partial charge is 0.345 e. The van der Waals surface area contributed by atoms with Gasteiger partial charge in [0.2, 0.25) is 0 Å². The molecule has 6 heteroatoms. The molecule has 2 aromatic heterocycles. The molecule has 0 aliphatic rings. The molecule has 116 valence electrons. The molecule has 3 aromatic rings. The molecule has 1 N–H and O–H groups in total. The van der Waals surface area contributed by atoms with Gasteiger partial charge in [-0.3, -0.25) is 14.0 Å². The number of carbonyl (C=O) groups is 1. The first-order valence-electron chi connectivity index (χ1n) is 7.09. The lowest BCUT2D eigenvalue weighted by Gasteiger charge is -2.14. The standard InChI is InChI=1S/C17H14FN3O2/c1-11(12-5-7-13(18)8-6-12)20-16(22)14-10-19-15-4-2-3-9-21(15)17(14)23/h2-11H,1H3,(H,20,22)/t11-/m0/s1. The minimum Gasteiger partial charge on any atom is -0.345 e. The predicted molar refractivity (Wildman–Crippen MR) is 83.7 cm³/mol. The van der Waals surface area contributed by atoms with Crippen molar-refractivity contribution in [3.05, 3.63) is 82.2 Å². The number of hydrogen-bond acceptors (Lipinski definition) is 3. The van der Waals surface area contributed by atoms with Crippen molar-refractivity contribution in [2.45, 2.75) is 13.0 Å². The molecule has 1 atom stereocenters. The molecule has 0 unspecified atom stereocenters. The topological polar surface area (TPSA) is 63.5 Å². The lowest BCUT2D eigenvalue weighted by atomic mass is 10.1. The van der Waals surface area contributed by atoms with Gasteiger partial charge in [-0.25, -0.2) is 9.37 Å². The van der Waals surface area contributed by atoms with Crippen molar-refractivity contribution in [2.24, 2.45) is 0 Å². The second kappa shape index (κ2) is 6.00. The minimum atomic E-state index is -0.516. The van der Waals surface area contributed by atoms with Crippen LogP contribution in [-0.4, -0.2) is 15.3 Å². The summed E-state index contributed by atoms with van der Waals surface area (Å²) in [5.41, 5.74) is 0.747. The monoisotopic (exact) mass is 311 g/mol. The van der Waals surface area contributed by atoms with Gasteiger partial charge in [-0.1, -0.05) is 18.2 Å². The molecule has 23 heavy (non-hydrogen) atoms. The van der Waals surface area contributed by atoms with E-state index < -0.39 is 11.5 Å². The van der Waals surface area contributed by atoms with Crippen LogP contribution < -0.4 is 10.9 Å². The molecule has 0 bridgehead atoms. The van der Waals surface area contributed by atoms with Crippen molar-refractivity contribution in [3.63, 3.8) is 0 Å². The average Bonchev–Trinajstić information content (AvgIpc) is 2.56. The third-order valence-electron chi connectivity index (χ3n) is 3.58. The number of pyridine rings is 1. The van der Waals surface area contributed by atoms with E-state index in [0.717, 1.165) is 5.56 Å². The summed E-state index contributed by atoms with van der Waals surface area (Å²) in [5.74, 6) is -0.859. The van der Waals surface area contributed by atoms with E-state index in [9.17, 15) is 14.0 Å².